The number of methoxy groups -OCH3 is 2. The summed E-state index contributed by atoms with van der Waals surface area (Å²) in [6.07, 6.45) is 12.9. The summed E-state index contributed by atoms with van der Waals surface area (Å²) >= 11 is 0. The van der Waals surface area contributed by atoms with Crippen molar-refractivity contribution in [2.45, 2.75) is 38.9 Å². The average Bonchev–Trinajstić information content (AvgIpc) is 2.22. The number of hydrogen-bond donors (Lipinski definition) is 0. The van der Waals surface area contributed by atoms with E-state index in [1.807, 2.05) is 18.2 Å². The summed E-state index contributed by atoms with van der Waals surface area (Å²) in [6.45, 7) is 2.21. The molecule has 0 unspecified atom stereocenters. The molecule has 0 saturated carbocycles. The van der Waals surface area contributed by atoms with E-state index >= 15 is 0 Å². The number of rotatable bonds is 8. The molecule has 0 aromatic rings. The molecule has 14 heavy (non-hydrogen) atoms. The van der Waals surface area contributed by atoms with E-state index in [2.05, 4.69) is 13.0 Å². The van der Waals surface area contributed by atoms with Crippen molar-refractivity contribution in [2.75, 3.05) is 14.2 Å². The van der Waals surface area contributed by atoms with Gasteiger partial charge < -0.3 is 9.47 Å². The Labute approximate surface area is 87.6 Å². The molecular formula is C12H22O2. The fourth-order valence-corrected chi connectivity index (χ4v) is 1.10. The summed E-state index contributed by atoms with van der Waals surface area (Å²) in [7, 11) is 3.26. The van der Waals surface area contributed by atoms with E-state index in [0.29, 0.717) is 0 Å². The topological polar surface area (TPSA) is 18.5 Å². The van der Waals surface area contributed by atoms with E-state index in [1.54, 1.807) is 14.2 Å². The van der Waals surface area contributed by atoms with Crippen LogP contribution < -0.4 is 0 Å². The van der Waals surface area contributed by atoms with E-state index in [9.17, 15) is 0 Å². The summed E-state index contributed by atoms with van der Waals surface area (Å²) in [6, 6.07) is 0. The Kier molecular flexibility index (Phi) is 10.0. The zero-order valence-electron chi connectivity index (χ0n) is 9.53. The Morgan fingerprint density at radius 2 is 1.79 bits per heavy atom. The summed E-state index contributed by atoms with van der Waals surface area (Å²) in [5.74, 6) is 0. The van der Waals surface area contributed by atoms with Gasteiger partial charge in [0.25, 0.3) is 0 Å². The van der Waals surface area contributed by atoms with Gasteiger partial charge in [0.05, 0.1) is 0 Å². The molecule has 2 nitrogen and oxygen atoms in total. The van der Waals surface area contributed by atoms with Crippen molar-refractivity contribution in [1.29, 1.82) is 0 Å². The maximum Gasteiger partial charge on any atom is 0.176 e. The van der Waals surface area contributed by atoms with Gasteiger partial charge in [-0.25, -0.2) is 0 Å². The number of ether oxygens (including phenoxy) is 2. The third-order valence-corrected chi connectivity index (χ3v) is 1.95. The SMILES string of the molecule is CCCCC/C=C/C=C/C(OC)OC. The predicted octanol–water partition coefficient (Wildman–Crippen LogP) is 3.30. The van der Waals surface area contributed by atoms with Crippen LogP contribution in [0.25, 0.3) is 0 Å². The zero-order chi connectivity index (χ0) is 10.6. The van der Waals surface area contributed by atoms with Crippen LogP contribution in [0.15, 0.2) is 24.3 Å². The first kappa shape index (κ1) is 13.4. The molecule has 2 heteroatoms. The smallest absolute Gasteiger partial charge is 0.176 e. The molecule has 0 bridgehead atoms. The van der Waals surface area contributed by atoms with Gasteiger partial charge in [0.1, 0.15) is 0 Å². The molecule has 0 aromatic heterocycles. The normalized spacial score (nSPS) is 12.3. The first-order valence-electron chi connectivity index (χ1n) is 5.24. The van der Waals surface area contributed by atoms with Crippen LogP contribution in [0.2, 0.25) is 0 Å². The van der Waals surface area contributed by atoms with Gasteiger partial charge in [-0.05, 0) is 18.9 Å². The van der Waals surface area contributed by atoms with Gasteiger partial charge in [0.15, 0.2) is 6.29 Å². The van der Waals surface area contributed by atoms with E-state index in [1.165, 1.54) is 19.3 Å². The molecule has 0 N–H and O–H groups in total. The van der Waals surface area contributed by atoms with Gasteiger partial charge in [-0.1, -0.05) is 38.0 Å². The molecule has 0 heterocycles. The third kappa shape index (κ3) is 8.02. The molecule has 0 saturated heterocycles. The fraction of sp³-hybridized carbons (Fsp3) is 0.667. The van der Waals surface area contributed by atoms with Crippen molar-refractivity contribution in [3.05, 3.63) is 24.3 Å². The van der Waals surface area contributed by atoms with Crippen molar-refractivity contribution in [1.82, 2.24) is 0 Å². The monoisotopic (exact) mass is 198 g/mol. The second-order valence-corrected chi connectivity index (χ2v) is 3.15. The van der Waals surface area contributed by atoms with E-state index in [-0.39, 0.29) is 6.29 Å². The minimum Gasteiger partial charge on any atom is -0.352 e. The molecule has 0 radical (unpaired) electrons. The molecule has 0 rings (SSSR count). The lowest BCUT2D eigenvalue weighted by Crippen LogP contribution is -2.08. The molecule has 0 spiro atoms. The van der Waals surface area contributed by atoms with Crippen LogP contribution in [0.5, 0.6) is 0 Å². The van der Waals surface area contributed by atoms with Gasteiger partial charge in [0, 0.05) is 14.2 Å². The number of unbranched alkanes of at least 4 members (excludes halogenated alkanes) is 3. The summed E-state index contributed by atoms with van der Waals surface area (Å²) in [4.78, 5) is 0. The zero-order valence-corrected chi connectivity index (χ0v) is 9.53. The maximum atomic E-state index is 5.00. The standard InChI is InChI=1S/C12H22O2/c1-4-5-6-7-8-9-10-11-12(13-2)14-3/h8-12H,4-7H2,1-3H3/b9-8+,11-10+. The van der Waals surface area contributed by atoms with Crippen LogP contribution in [0.4, 0.5) is 0 Å². The first-order chi connectivity index (χ1) is 6.85. The van der Waals surface area contributed by atoms with Crippen LogP contribution >= 0.6 is 0 Å². The Bertz CT molecular complexity index is 158. The Morgan fingerprint density at radius 3 is 2.36 bits per heavy atom. The molecule has 82 valence electrons. The molecule has 0 fully saturated rings. The quantitative estimate of drug-likeness (QED) is 0.338. The largest absolute Gasteiger partial charge is 0.352 e. The van der Waals surface area contributed by atoms with Crippen molar-refractivity contribution in [3.63, 3.8) is 0 Å². The maximum absolute atomic E-state index is 5.00. The van der Waals surface area contributed by atoms with Gasteiger partial charge in [0.2, 0.25) is 0 Å². The first-order valence-corrected chi connectivity index (χ1v) is 5.24. The van der Waals surface area contributed by atoms with Crippen LogP contribution in [-0.4, -0.2) is 20.5 Å². The second-order valence-electron chi connectivity index (χ2n) is 3.15. The van der Waals surface area contributed by atoms with E-state index < -0.39 is 0 Å². The van der Waals surface area contributed by atoms with Crippen molar-refractivity contribution in [2.24, 2.45) is 0 Å². The minimum atomic E-state index is -0.227. The molecule has 0 aromatic carbocycles. The van der Waals surface area contributed by atoms with Crippen LogP contribution in [0.3, 0.4) is 0 Å². The number of hydrogen-bond acceptors (Lipinski definition) is 2. The Morgan fingerprint density at radius 1 is 1.07 bits per heavy atom. The van der Waals surface area contributed by atoms with Gasteiger partial charge in [-0.3, -0.25) is 0 Å². The van der Waals surface area contributed by atoms with Crippen LogP contribution in [-0.2, 0) is 9.47 Å². The number of allylic oxidation sites excluding steroid dienone is 3. The molecule has 0 atom stereocenters. The van der Waals surface area contributed by atoms with E-state index in [4.69, 9.17) is 9.47 Å². The highest BCUT2D eigenvalue weighted by Gasteiger charge is 1.94. The molecule has 0 aliphatic carbocycles. The van der Waals surface area contributed by atoms with Gasteiger partial charge >= 0.3 is 0 Å². The van der Waals surface area contributed by atoms with Crippen molar-refractivity contribution < 1.29 is 9.47 Å². The lowest BCUT2D eigenvalue weighted by molar-refractivity contribution is -0.0666. The third-order valence-electron chi connectivity index (χ3n) is 1.95. The minimum absolute atomic E-state index is 0.227. The summed E-state index contributed by atoms with van der Waals surface area (Å²) in [5.41, 5.74) is 0. The van der Waals surface area contributed by atoms with Crippen LogP contribution in [0, 0.1) is 0 Å². The van der Waals surface area contributed by atoms with Gasteiger partial charge in [-0.15, -0.1) is 0 Å². The predicted molar refractivity (Wildman–Crippen MR) is 60.2 cm³/mol. The van der Waals surface area contributed by atoms with Gasteiger partial charge in [-0.2, -0.15) is 0 Å². The molecular weight excluding hydrogens is 176 g/mol. The highest BCUT2D eigenvalue weighted by molar-refractivity contribution is 5.03. The average molecular weight is 198 g/mol. The Balaban J connectivity index is 3.48. The highest BCUT2D eigenvalue weighted by Crippen LogP contribution is 2.00. The van der Waals surface area contributed by atoms with Crippen molar-refractivity contribution in [3.8, 4) is 0 Å². The van der Waals surface area contributed by atoms with Crippen molar-refractivity contribution >= 4 is 0 Å². The molecule has 0 aliphatic heterocycles. The molecule has 0 amide bonds. The van der Waals surface area contributed by atoms with Crippen LogP contribution in [0.1, 0.15) is 32.6 Å². The molecule has 0 aliphatic rings. The summed E-state index contributed by atoms with van der Waals surface area (Å²) in [5, 5.41) is 0. The highest BCUT2D eigenvalue weighted by atomic mass is 16.7. The van der Waals surface area contributed by atoms with E-state index in [0.717, 1.165) is 6.42 Å². The second kappa shape index (κ2) is 10.5. The lowest BCUT2D eigenvalue weighted by Gasteiger charge is -2.06. The lowest BCUT2D eigenvalue weighted by atomic mass is 10.2. The fourth-order valence-electron chi connectivity index (χ4n) is 1.10. The summed E-state index contributed by atoms with van der Waals surface area (Å²) < 4.78 is 10.0. The Hall–Kier alpha value is -0.600.